The standard InChI is InChI=1S/C13H16O3/c1-8-7-10(14)13(2)9(12(8)15)5-4-6-11(13)16-3/h4,6-7,9,11H,5H2,1-3H3/t9?,11-,13-/m1/s1. The van der Waals surface area contributed by atoms with Gasteiger partial charge in [0.25, 0.3) is 0 Å². The van der Waals surface area contributed by atoms with Crippen LogP contribution in [0.4, 0.5) is 0 Å². The number of hydrogen-bond donors (Lipinski definition) is 0. The van der Waals surface area contributed by atoms with Crippen LogP contribution in [0.5, 0.6) is 0 Å². The van der Waals surface area contributed by atoms with Crippen LogP contribution in [-0.2, 0) is 14.3 Å². The molecule has 0 spiro atoms. The lowest BCUT2D eigenvalue weighted by Crippen LogP contribution is -2.52. The summed E-state index contributed by atoms with van der Waals surface area (Å²) in [6.07, 6.45) is 5.61. The SMILES string of the molecule is CO[C@@H]1C=CCC2C(=O)C(C)=CC(=O)[C@@]21C. The molecule has 0 aromatic carbocycles. The second-order valence-electron chi connectivity index (χ2n) is 4.71. The van der Waals surface area contributed by atoms with Crippen molar-refractivity contribution in [3.05, 3.63) is 23.8 Å². The van der Waals surface area contributed by atoms with Gasteiger partial charge in [-0.25, -0.2) is 0 Å². The maximum Gasteiger partial charge on any atom is 0.165 e. The number of methoxy groups -OCH3 is 1. The van der Waals surface area contributed by atoms with E-state index in [0.29, 0.717) is 12.0 Å². The van der Waals surface area contributed by atoms with E-state index in [-0.39, 0.29) is 23.6 Å². The lowest BCUT2D eigenvalue weighted by molar-refractivity contribution is -0.144. The Labute approximate surface area is 95.2 Å². The molecule has 0 aromatic heterocycles. The molecule has 0 aliphatic heterocycles. The summed E-state index contributed by atoms with van der Waals surface area (Å²) in [6.45, 7) is 3.54. The normalized spacial score (nSPS) is 38.3. The van der Waals surface area contributed by atoms with Gasteiger partial charge >= 0.3 is 0 Å². The Hall–Kier alpha value is -1.22. The number of carbonyl (C=O) groups is 2. The quantitative estimate of drug-likeness (QED) is 0.631. The fourth-order valence-electron chi connectivity index (χ4n) is 2.69. The van der Waals surface area contributed by atoms with Gasteiger partial charge in [0.2, 0.25) is 0 Å². The van der Waals surface area contributed by atoms with E-state index in [9.17, 15) is 9.59 Å². The van der Waals surface area contributed by atoms with Crippen LogP contribution < -0.4 is 0 Å². The van der Waals surface area contributed by atoms with Crippen molar-refractivity contribution in [2.24, 2.45) is 11.3 Å². The summed E-state index contributed by atoms with van der Waals surface area (Å²) in [5.74, 6) is -0.181. The van der Waals surface area contributed by atoms with Crippen LogP contribution in [0.1, 0.15) is 20.3 Å². The van der Waals surface area contributed by atoms with E-state index in [2.05, 4.69) is 0 Å². The Morgan fingerprint density at radius 2 is 2.12 bits per heavy atom. The monoisotopic (exact) mass is 220 g/mol. The van der Waals surface area contributed by atoms with Crippen LogP contribution in [0.3, 0.4) is 0 Å². The number of Topliss-reactive ketones (excluding diaryl/α,β-unsaturated/α-hetero) is 1. The minimum atomic E-state index is -0.722. The van der Waals surface area contributed by atoms with Crippen LogP contribution in [0, 0.1) is 11.3 Å². The number of fused-ring (bicyclic) bond motifs is 1. The largest absolute Gasteiger partial charge is 0.376 e. The molecule has 0 radical (unpaired) electrons. The molecule has 16 heavy (non-hydrogen) atoms. The lowest BCUT2D eigenvalue weighted by Gasteiger charge is -2.43. The topological polar surface area (TPSA) is 43.4 Å². The van der Waals surface area contributed by atoms with Gasteiger partial charge in [-0.15, -0.1) is 0 Å². The molecule has 0 aromatic rings. The summed E-state index contributed by atoms with van der Waals surface area (Å²) in [5.41, 5.74) is -0.155. The number of ether oxygens (including phenoxy) is 1. The second-order valence-corrected chi connectivity index (χ2v) is 4.71. The van der Waals surface area contributed by atoms with Crippen LogP contribution in [0.15, 0.2) is 23.8 Å². The number of rotatable bonds is 1. The molecule has 3 heteroatoms. The van der Waals surface area contributed by atoms with Crippen molar-refractivity contribution in [3.63, 3.8) is 0 Å². The van der Waals surface area contributed by atoms with Crippen molar-refractivity contribution in [2.75, 3.05) is 7.11 Å². The molecular formula is C13H16O3. The van der Waals surface area contributed by atoms with Crippen molar-refractivity contribution in [1.29, 1.82) is 0 Å². The molecular weight excluding hydrogens is 204 g/mol. The molecule has 0 heterocycles. The summed E-state index contributed by atoms with van der Waals surface area (Å²) in [4.78, 5) is 24.2. The van der Waals surface area contributed by atoms with E-state index in [4.69, 9.17) is 4.74 Å². The number of hydrogen-bond acceptors (Lipinski definition) is 3. The van der Waals surface area contributed by atoms with E-state index in [1.807, 2.05) is 19.1 Å². The Morgan fingerprint density at radius 1 is 1.44 bits per heavy atom. The maximum atomic E-state index is 12.1. The van der Waals surface area contributed by atoms with E-state index in [1.54, 1.807) is 14.0 Å². The molecule has 0 fully saturated rings. The Kier molecular flexibility index (Phi) is 2.58. The van der Waals surface area contributed by atoms with Crippen molar-refractivity contribution in [1.82, 2.24) is 0 Å². The smallest absolute Gasteiger partial charge is 0.165 e. The third-order valence-corrected chi connectivity index (χ3v) is 3.84. The number of allylic oxidation sites excluding steroid dienone is 3. The fourth-order valence-corrected chi connectivity index (χ4v) is 2.69. The molecule has 0 bridgehead atoms. The van der Waals surface area contributed by atoms with Crippen LogP contribution in [-0.4, -0.2) is 24.8 Å². The molecule has 1 unspecified atom stereocenters. The summed E-state index contributed by atoms with van der Waals surface area (Å²) in [6, 6.07) is 0. The molecule has 2 aliphatic carbocycles. The van der Waals surface area contributed by atoms with Gasteiger partial charge in [-0.1, -0.05) is 12.2 Å². The average molecular weight is 220 g/mol. The van der Waals surface area contributed by atoms with Gasteiger partial charge in [0.1, 0.15) is 0 Å². The van der Waals surface area contributed by atoms with E-state index in [1.165, 1.54) is 6.08 Å². The molecule has 0 N–H and O–H groups in total. The molecule has 86 valence electrons. The molecule has 2 aliphatic rings. The first-order valence-electron chi connectivity index (χ1n) is 5.48. The van der Waals surface area contributed by atoms with E-state index >= 15 is 0 Å². The first-order chi connectivity index (χ1) is 7.51. The minimum absolute atomic E-state index is 0.00537. The molecule has 0 saturated carbocycles. The minimum Gasteiger partial charge on any atom is -0.376 e. The van der Waals surface area contributed by atoms with Crippen molar-refractivity contribution in [3.8, 4) is 0 Å². The van der Waals surface area contributed by atoms with Crippen molar-refractivity contribution in [2.45, 2.75) is 26.4 Å². The zero-order chi connectivity index (χ0) is 11.9. The second kappa shape index (κ2) is 3.67. The number of ketones is 2. The van der Waals surface area contributed by atoms with Gasteiger partial charge in [0.05, 0.1) is 11.5 Å². The van der Waals surface area contributed by atoms with Gasteiger partial charge in [0.15, 0.2) is 11.6 Å². The lowest BCUT2D eigenvalue weighted by atomic mass is 9.60. The van der Waals surface area contributed by atoms with Crippen LogP contribution in [0.2, 0.25) is 0 Å². The van der Waals surface area contributed by atoms with Gasteiger partial charge in [0, 0.05) is 13.0 Å². The van der Waals surface area contributed by atoms with Crippen molar-refractivity contribution >= 4 is 11.6 Å². The van der Waals surface area contributed by atoms with Crippen molar-refractivity contribution < 1.29 is 14.3 Å². The molecule has 3 nitrogen and oxygen atoms in total. The van der Waals surface area contributed by atoms with E-state index < -0.39 is 5.41 Å². The van der Waals surface area contributed by atoms with Gasteiger partial charge in [-0.05, 0) is 31.9 Å². The Morgan fingerprint density at radius 3 is 2.75 bits per heavy atom. The van der Waals surface area contributed by atoms with Gasteiger partial charge in [-0.3, -0.25) is 9.59 Å². The molecule has 0 saturated heterocycles. The van der Waals surface area contributed by atoms with Gasteiger partial charge < -0.3 is 4.74 Å². The fraction of sp³-hybridized carbons (Fsp3) is 0.538. The Balaban J connectivity index is 2.52. The highest BCUT2D eigenvalue weighted by Crippen LogP contribution is 2.44. The zero-order valence-electron chi connectivity index (χ0n) is 9.82. The van der Waals surface area contributed by atoms with E-state index in [0.717, 1.165) is 0 Å². The summed E-state index contributed by atoms with van der Waals surface area (Å²) in [7, 11) is 1.57. The third kappa shape index (κ3) is 1.31. The first-order valence-corrected chi connectivity index (χ1v) is 5.48. The maximum absolute atomic E-state index is 12.1. The summed E-state index contributed by atoms with van der Waals surface area (Å²) < 4.78 is 5.33. The summed E-state index contributed by atoms with van der Waals surface area (Å²) >= 11 is 0. The highest BCUT2D eigenvalue weighted by Gasteiger charge is 2.52. The molecule has 0 amide bonds. The Bertz CT molecular complexity index is 405. The zero-order valence-corrected chi connectivity index (χ0v) is 9.82. The highest BCUT2D eigenvalue weighted by molar-refractivity contribution is 6.12. The van der Waals surface area contributed by atoms with Crippen LogP contribution in [0.25, 0.3) is 0 Å². The van der Waals surface area contributed by atoms with Gasteiger partial charge in [-0.2, -0.15) is 0 Å². The predicted molar refractivity (Wildman–Crippen MR) is 59.9 cm³/mol. The van der Waals surface area contributed by atoms with Crippen LogP contribution >= 0.6 is 0 Å². The molecule has 3 atom stereocenters. The number of carbonyl (C=O) groups excluding carboxylic acids is 2. The molecule has 2 rings (SSSR count). The predicted octanol–water partition coefficient (Wildman–Crippen LogP) is 1.68. The first kappa shape index (κ1) is 11.3. The highest BCUT2D eigenvalue weighted by atomic mass is 16.5. The summed E-state index contributed by atoms with van der Waals surface area (Å²) in [5, 5.41) is 0. The average Bonchev–Trinajstić information content (AvgIpc) is 2.26. The third-order valence-electron chi connectivity index (χ3n) is 3.84.